The van der Waals surface area contributed by atoms with Crippen molar-refractivity contribution in [2.45, 2.75) is 37.7 Å². The van der Waals surface area contributed by atoms with E-state index >= 15 is 0 Å². The van der Waals surface area contributed by atoms with E-state index < -0.39 is 48.8 Å². The third-order valence-electron chi connectivity index (χ3n) is 5.12. The molecule has 5 atom stereocenters. The van der Waals surface area contributed by atoms with Crippen LogP contribution in [0.5, 0.6) is 5.75 Å². The monoisotopic (exact) mass is 482 g/mol. The van der Waals surface area contributed by atoms with E-state index in [1.807, 2.05) is 0 Å². The molecule has 0 saturated carbocycles. The second-order valence-corrected chi connectivity index (χ2v) is 7.70. The summed E-state index contributed by atoms with van der Waals surface area (Å²) in [5.41, 5.74) is 11.2. The second-order valence-electron chi connectivity index (χ2n) is 7.70. The number of carbonyl (C=O) groups excluding carboxylic acids is 2. The van der Waals surface area contributed by atoms with Crippen molar-refractivity contribution in [1.29, 1.82) is 5.41 Å². The summed E-state index contributed by atoms with van der Waals surface area (Å²) in [6.45, 7) is 0.649. The number of anilines is 1. The van der Waals surface area contributed by atoms with Crippen molar-refractivity contribution in [3.63, 3.8) is 0 Å². The molecule has 13 heteroatoms. The summed E-state index contributed by atoms with van der Waals surface area (Å²) in [6.07, 6.45) is -2.69. The molecule has 1 aromatic carbocycles. The van der Waals surface area contributed by atoms with Gasteiger partial charge < -0.3 is 51.4 Å². The predicted octanol–water partition coefficient (Wildman–Crippen LogP) is -1.45. The Balaban J connectivity index is 1.93. The lowest BCUT2D eigenvalue weighted by Crippen LogP contribution is -2.54. The number of carbonyl (C=O) groups is 2. The topological polar surface area (TPSA) is 231 Å². The van der Waals surface area contributed by atoms with Crippen LogP contribution in [0.25, 0.3) is 0 Å². The van der Waals surface area contributed by atoms with Gasteiger partial charge in [-0.05, 0) is 24.3 Å². The van der Waals surface area contributed by atoms with E-state index in [0.717, 1.165) is 0 Å². The number of rotatable bonds is 10. The first-order chi connectivity index (χ1) is 16.0. The molecule has 34 heavy (non-hydrogen) atoms. The number of hydrogen-bond donors (Lipinski definition) is 8. The molecule has 2 rings (SSSR count). The molecule has 188 valence electrons. The average molecular weight is 482 g/mol. The summed E-state index contributed by atoms with van der Waals surface area (Å²) in [5.74, 6) is -3.17. The molecule has 1 aliphatic rings. The molecule has 1 heterocycles. The molecule has 0 unspecified atom stereocenters. The van der Waals surface area contributed by atoms with Crippen molar-refractivity contribution in [3.8, 4) is 5.75 Å². The summed E-state index contributed by atoms with van der Waals surface area (Å²) in [5, 5.41) is 49.0. The molecule has 0 aliphatic carbocycles. The molecule has 1 aromatic rings. The molecule has 0 amide bonds. The fourth-order valence-corrected chi connectivity index (χ4v) is 3.24. The Kier molecular flexibility index (Phi) is 9.47. The highest BCUT2D eigenvalue weighted by atomic mass is 16.6. The summed E-state index contributed by atoms with van der Waals surface area (Å²) in [6, 6.07) is 3.27. The fraction of sp³-hybridized carbons (Fsp3) is 0.476. The van der Waals surface area contributed by atoms with Crippen LogP contribution in [0.2, 0.25) is 0 Å². The third kappa shape index (κ3) is 6.97. The molecule has 0 spiro atoms. The molecule has 0 radical (unpaired) electrons. The SMILES string of the molecule is C[C@H]1[C@H]([C@H](O)[C@H](O)CO)OC(C(=O)OCCCOC(=O)c2cc(N)ccc2O)=C[C@@H]1NC(=N)N. The Labute approximate surface area is 195 Å². The normalized spacial score (nSPS) is 21.4. The highest BCUT2D eigenvalue weighted by molar-refractivity contribution is 5.93. The minimum atomic E-state index is -1.53. The standard InChI is InChI=1S/C21H30N4O9/c1-10-13(25-21(23)24)8-16(34-18(10)17(29)15(28)9-26)20(31)33-6-2-5-32-19(30)12-7-11(22)3-4-14(12)27/h3-4,7-8,10,13,15,17-18,26-29H,2,5-6,9,22H2,1H3,(H4,23,24,25)/t10-,13+,15-,17-,18-/m1/s1. The van der Waals surface area contributed by atoms with Crippen LogP contribution in [-0.4, -0.2) is 82.5 Å². The van der Waals surface area contributed by atoms with Crippen LogP contribution in [0.3, 0.4) is 0 Å². The maximum atomic E-state index is 12.5. The van der Waals surface area contributed by atoms with Crippen LogP contribution < -0.4 is 16.8 Å². The minimum Gasteiger partial charge on any atom is -0.507 e. The lowest BCUT2D eigenvalue weighted by Gasteiger charge is -2.38. The summed E-state index contributed by atoms with van der Waals surface area (Å²) in [7, 11) is 0. The van der Waals surface area contributed by atoms with Gasteiger partial charge in [-0.1, -0.05) is 6.92 Å². The van der Waals surface area contributed by atoms with Crippen molar-refractivity contribution in [2.24, 2.45) is 11.7 Å². The lowest BCUT2D eigenvalue weighted by molar-refractivity contribution is -0.152. The summed E-state index contributed by atoms with van der Waals surface area (Å²) in [4.78, 5) is 24.5. The van der Waals surface area contributed by atoms with Gasteiger partial charge in [-0.15, -0.1) is 0 Å². The number of aliphatic hydroxyl groups is 3. The van der Waals surface area contributed by atoms with E-state index in [2.05, 4.69) is 5.32 Å². The minimum absolute atomic E-state index is 0.0921. The molecule has 0 bridgehead atoms. The number of benzene rings is 1. The zero-order valence-corrected chi connectivity index (χ0v) is 18.5. The molecule has 0 fully saturated rings. The van der Waals surface area contributed by atoms with E-state index in [-0.39, 0.29) is 48.4 Å². The van der Waals surface area contributed by atoms with Gasteiger partial charge in [-0.2, -0.15) is 0 Å². The maximum Gasteiger partial charge on any atom is 0.373 e. The van der Waals surface area contributed by atoms with E-state index in [4.69, 9.17) is 36.2 Å². The number of phenolic OH excluding ortho intramolecular Hbond substituents is 1. The van der Waals surface area contributed by atoms with Gasteiger partial charge in [-0.25, -0.2) is 9.59 Å². The van der Waals surface area contributed by atoms with Gasteiger partial charge in [0.25, 0.3) is 0 Å². The zero-order valence-electron chi connectivity index (χ0n) is 18.5. The number of nitrogens with two attached hydrogens (primary N) is 2. The lowest BCUT2D eigenvalue weighted by atomic mass is 9.87. The molecule has 1 aliphatic heterocycles. The highest BCUT2D eigenvalue weighted by Gasteiger charge is 2.41. The summed E-state index contributed by atoms with van der Waals surface area (Å²) >= 11 is 0. The van der Waals surface area contributed by atoms with Gasteiger partial charge in [0.1, 0.15) is 29.6 Å². The number of aromatic hydroxyl groups is 1. The Morgan fingerprint density at radius 3 is 2.50 bits per heavy atom. The first-order valence-corrected chi connectivity index (χ1v) is 10.4. The number of hydrogen-bond acceptors (Lipinski definition) is 11. The Bertz CT molecular complexity index is 924. The summed E-state index contributed by atoms with van der Waals surface area (Å²) < 4.78 is 15.7. The van der Waals surface area contributed by atoms with Gasteiger partial charge in [-0.3, -0.25) is 5.41 Å². The maximum absolute atomic E-state index is 12.5. The smallest absolute Gasteiger partial charge is 0.373 e. The van der Waals surface area contributed by atoms with Crippen molar-refractivity contribution >= 4 is 23.6 Å². The second kappa shape index (κ2) is 12.1. The van der Waals surface area contributed by atoms with Crippen LogP contribution in [-0.2, 0) is 19.0 Å². The molecule has 10 N–H and O–H groups in total. The Hall–Kier alpha value is -3.55. The number of guanidine groups is 1. The quantitative estimate of drug-likeness (QED) is 0.0478. The Morgan fingerprint density at radius 2 is 1.88 bits per heavy atom. The fourth-order valence-electron chi connectivity index (χ4n) is 3.24. The van der Waals surface area contributed by atoms with Crippen LogP contribution in [0.15, 0.2) is 30.0 Å². The number of aliphatic hydroxyl groups excluding tert-OH is 3. The van der Waals surface area contributed by atoms with E-state index in [9.17, 15) is 24.9 Å². The Morgan fingerprint density at radius 1 is 1.24 bits per heavy atom. The van der Waals surface area contributed by atoms with Crippen molar-refractivity contribution in [1.82, 2.24) is 5.32 Å². The van der Waals surface area contributed by atoms with Crippen LogP contribution in [0.4, 0.5) is 5.69 Å². The van der Waals surface area contributed by atoms with Crippen molar-refractivity contribution < 1.29 is 44.2 Å². The van der Waals surface area contributed by atoms with Gasteiger partial charge in [0.2, 0.25) is 5.76 Å². The van der Waals surface area contributed by atoms with Crippen molar-refractivity contribution in [3.05, 3.63) is 35.6 Å². The van der Waals surface area contributed by atoms with Gasteiger partial charge in [0.05, 0.1) is 25.9 Å². The average Bonchev–Trinajstić information content (AvgIpc) is 2.80. The van der Waals surface area contributed by atoms with Crippen LogP contribution in [0.1, 0.15) is 23.7 Å². The molecule has 0 saturated heterocycles. The largest absolute Gasteiger partial charge is 0.507 e. The van der Waals surface area contributed by atoms with Gasteiger partial charge >= 0.3 is 11.9 Å². The van der Waals surface area contributed by atoms with Crippen molar-refractivity contribution in [2.75, 3.05) is 25.6 Å². The van der Waals surface area contributed by atoms with E-state index in [1.165, 1.54) is 24.3 Å². The zero-order chi connectivity index (χ0) is 25.4. The third-order valence-corrected chi connectivity index (χ3v) is 5.12. The van der Waals surface area contributed by atoms with Gasteiger partial charge in [0, 0.05) is 18.0 Å². The first kappa shape index (κ1) is 26.7. The van der Waals surface area contributed by atoms with Crippen LogP contribution >= 0.6 is 0 Å². The molecular formula is C21H30N4O9. The van der Waals surface area contributed by atoms with E-state index in [0.29, 0.717) is 0 Å². The molecular weight excluding hydrogens is 452 g/mol. The number of ether oxygens (including phenoxy) is 3. The number of nitrogen functional groups attached to an aromatic ring is 1. The van der Waals surface area contributed by atoms with Crippen LogP contribution in [0, 0.1) is 11.3 Å². The molecule has 13 nitrogen and oxygen atoms in total. The number of esters is 2. The highest BCUT2D eigenvalue weighted by Crippen LogP contribution is 2.28. The number of phenols is 1. The van der Waals surface area contributed by atoms with E-state index in [1.54, 1.807) is 6.92 Å². The number of nitrogens with one attached hydrogen (secondary N) is 2. The molecule has 0 aromatic heterocycles. The first-order valence-electron chi connectivity index (χ1n) is 10.4. The van der Waals surface area contributed by atoms with Gasteiger partial charge in [0.15, 0.2) is 5.96 Å². The predicted molar refractivity (Wildman–Crippen MR) is 118 cm³/mol.